The predicted octanol–water partition coefficient (Wildman–Crippen LogP) is 3.67. The number of nitrogens with zero attached hydrogens (tertiary/aromatic N) is 3. The van der Waals surface area contributed by atoms with Crippen LogP contribution in [0.25, 0.3) is 0 Å². The highest BCUT2D eigenvalue weighted by Gasteiger charge is 2.39. The topological polar surface area (TPSA) is 56.5 Å². The summed E-state index contributed by atoms with van der Waals surface area (Å²) < 4.78 is 44.4. The van der Waals surface area contributed by atoms with Crippen molar-refractivity contribution in [3.8, 4) is 5.75 Å². The van der Waals surface area contributed by atoms with Gasteiger partial charge in [-0.2, -0.15) is 18.3 Å². The highest BCUT2D eigenvalue weighted by atomic mass is 19.4. The summed E-state index contributed by atoms with van der Waals surface area (Å²) in [7, 11) is 1.52. The van der Waals surface area contributed by atoms with E-state index in [0.29, 0.717) is 5.75 Å². The molecule has 1 heterocycles. The molecule has 0 unspecified atom stereocenters. The summed E-state index contributed by atoms with van der Waals surface area (Å²) >= 11 is 0. The van der Waals surface area contributed by atoms with Crippen molar-refractivity contribution in [2.24, 2.45) is 5.18 Å². The van der Waals surface area contributed by atoms with Crippen LogP contribution in [-0.2, 0) is 12.7 Å². The minimum atomic E-state index is -4.71. The standard InChI is InChI=1S/C13H12F3N3O2/c1-8-11(18-20)12(13(14,15)16)17-19(8)7-9-3-5-10(21-2)6-4-9/h3-6H,7H2,1-2H3. The number of rotatable bonds is 4. The first kappa shape index (κ1) is 15.0. The van der Waals surface area contributed by atoms with Crippen molar-refractivity contribution in [1.29, 1.82) is 0 Å². The fraction of sp³-hybridized carbons (Fsp3) is 0.308. The van der Waals surface area contributed by atoms with E-state index in [9.17, 15) is 18.1 Å². The molecule has 21 heavy (non-hydrogen) atoms. The van der Waals surface area contributed by atoms with E-state index in [1.54, 1.807) is 24.3 Å². The fourth-order valence-corrected chi connectivity index (χ4v) is 1.89. The lowest BCUT2D eigenvalue weighted by atomic mass is 10.2. The van der Waals surface area contributed by atoms with E-state index < -0.39 is 17.6 Å². The number of hydrogen-bond donors (Lipinski definition) is 0. The van der Waals surface area contributed by atoms with E-state index in [1.165, 1.54) is 14.0 Å². The van der Waals surface area contributed by atoms with Crippen LogP contribution in [0.1, 0.15) is 17.0 Å². The predicted molar refractivity (Wildman–Crippen MR) is 69.5 cm³/mol. The quantitative estimate of drug-likeness (QED) is 0.809. The third-order valence-electron chi connectivity index (χ3n) is 3.03. The molecule has 0 atom stereocenters. The van der Waals surface area contributed by atoms with Crippen molar-refractivity contribution in [3.63, 3.8) is 0 Å². The minimum absolute atomic E-state index is 0.0770. The van der Waals surface area contributed by atoms with Gasteiger partial charge in [0, 0.05) is 0 Å². The van der Waals surface area contributed by atoms with Gasteiger partial charge >= 0.3 is 6.18 Å². The normalized spacial score (nSPS) is 11.5. The van der Waals surface area contributed by atoms with Gasteiger partial charge in [0.05, 0.1) is 19.3 Å². The van der Waals surface area contributed by atoms with Crippen molar-refractivity contribution in [3.05, 3.63) is 46.1 Å². The molecule has 0 N–H and O–H groups in total. The van der Waals surface area contributed by atoms with Gasteiger partial charge in [0.15, 0.2) is 11.4 Å². The van der Waals surface area contributed by atoms with Crippen LogP contribution >= 0.6 is 0 Å². The van der Waals surface area contributed by atoms with E-state index in [-0.39, 0.29) is 12.2 Å². The third kappa shape index (κ3) is 3.04. The molecule has 0 amide bonds. The fourth-order valence-electron chi connectivity index (χ4n) is 1.89. The number of methoxy groups -OCH3 is 1. The maximum atomic E-state index is 12.8. The first-order valence-corrected chi connectivity index (χ1v) is 5.97. The summed E-state index contributed by atoms with van der Waals surface area (Å²) in [5, 5.41) is 5.91. The van der Waals surface area contributed by atoms with Crippen molar-refractivity contribution in [2.45, 2.75) is 19.6 Å². The Labute approximate surface area is 118 Å². The monoisotopic (exact) mass is 299 g/mol. The molecule has 0 aliphatic heterocycles. The molecule has 8 heteroatoms. The summed E-state index contributed by atoms with van der Waals surface area (Å²) in [6.07, 6.45) is -4.71. The zero-order chi connectivity index (χ0) is 15.6. The van der Waals surface area contributed by atoms with Crippen LogP contribution < -0.4 is 4.74 Å². The second-order valence-electron chi connectivity index (χ2n) is 4.38. The highest BCUT2D eigenvalue weighted by Crippen LogP contribution is 2.37. The molecule has 0 bridgehead atoms. The van der Waals surface area contributed by atoms with Gasteiger partial charge in [0.1, 0.15) is 5.75 Å². The smallest absolute Gasteiger partial charge is 0.437 e. The molecule has 1 aromatic carbocycles. The summed E-state index contributed by atoms with van der Waals surface area (Å²) in [4.78, 5) is 10.6. The van der Waals surface area contributed by atoms with Gasteiger partial charge in [-0.3, -0.25) is 4.68 Å². The molecule has 1 aromatic heterocycles. The minimum Gasteiger partial charge on any atom is -0.497 e. The van der Waals surface area contributed by atoms with Crippen LogP contribution in [0.15, 0.2) is 29.4 Å². The van der Waals surface area contributed by atoms with Gasteiger partial charge < -0.3 is 4.74 Å². The lowest BCUT2D eigenvalue weighted by Gasteiger charge is -2.06. The lowest BCUT2D eigenvalue weighted by Crippen LogP contribution is -2.09. The molecule has 0 spiro atoms. The largest absolute Gasteiger partial charge is 0.497 e. The van der Waals surface area contributed by atoms with Gasteiger partial charge in [-0.05, 0) is 29.8 Å². The van der Waals surface area contributed by atoms with Gasteiger partial charge in [-0.15, -0.1) is 4.91 Å². The van der Waals surface area contributed by atoms with Crippen LogP contribution in [0.4, 0.5) is 18.9 Å². The van der Waals surface area contributed by atoms with Gasteiger partial charge in [-0.25, -0.2) is 0 Å². The van der Waals surface area contributed by atoms with Gasteiger partial charge in [0.25, 0.3) is 0 Å². The Bertz CT molecular complexity index is 648. The average molecular weight is 299 g/mol. The molecule has 0 aliphatic carbocycles. The Kier molecular flexibility index (Phi) is 3.97. The average Bonchev–Trinajstić information content (AvgIpc) is 2.76. The van der Waals surface area contributed by atoms with E-state index in [2.05, 4.69) is 10.3 Å². The highest BCUT2D eigenvalue weighted by molar-refractivity contribution is 5.48. The van der Waals surface area contributed by atoms with Crippen molar-refractivity contribution < 1.29 is 17.9 Å². The Hall–Kier alpha value is -2.38. The number of halogens is 3. The van der Waals surface area contributed by atoms with E-state index in [1.807, 2.05) is 0 Å². The summed E-state index contributed by atoms with van der Waals surface area (Å²) in [5.41, 5.74) is -1.12. The number of aromatic nitrogens is 2. The number of alkyl halides is 3. The number of ether oxygens (including phenoxy) is 1. The SMILES string of the molecule is COc1ccc(Cn2nc(C(F)(F)F)c(N=O)c2C)cc1. The van der Waals surface area contributed by atoms with Crippen LogP contribution in [-0.4, -0.2) is 16.9 Å². The summed E-state index contributed by atoms with van der Waals surface area (Å²) in [6, 6.07) is 6.80. The molecule has 0 aliphatic rings. The molecule has 0 saturated carbocycles. The molecular formula is C13H12F3N3O2. The molecule has 2 aromatic rings. The van der Waals surface area contributed by atoms with E-state index in [4.69, 9.17) is 4.74 Å². The maximum Gasteiger partial charge on any atom is 0.437 e. The molecule has 5 nitrogen and oxygen atoms in total. The second kappa shape index (κ2) is 5.55. The first-order chi connectivity index (χ1) is 9.86. The zero-order valence-electron chi connectivity index (χ0n) is 11.3. The maximum absolute atomic E-state index is 12.8. The summed E-state index contributed by atoms with van der Waals surface area (Å²) in [5.74, 6) is 0.641. The second-order valence-corrected chi connectivity index (χ2v) is 4.38. The Morgan fingerprint density at radius 3 is 2.33 bits per heavy atom. The van der Waals surface area contributed by atoms with Gasteiger partial charge in [0.2, 0.25) is 0 Å². The van der Waals surface area contributed by atoms with Crippen LogP contribution in [0.5, 0.6) is 5.75 Å². The van der Waals surface area contributed by atoms with Crippen molar-refractivity contribution in [1.82, 2.24) is 9.78 Å². The van der Waals surface area contributed by atoms with Crippen molar-refractivity contribution in [2.75, 3.05) is 7.11 Å². The van der Waals surface area contributed by atoms with E-state index in [0.717, 1.165) is 10.2 Å². The Morgan fingerprint density at radius 1 is 1.29 bits per heavy atom. The molecule has 0 saturated heterocycles. The first-order valence-electron chi connectivity index (χ1n) is 5.97. The van der Waals surface area contributed by atoms with Gasteiger partial charge in [-0.1, -0.05) is 12.1 Å². The number of hydrogen-bond acceptors (Lipinski definition) is 4. The molecule has 2 rings (SSSR count). The zero-order valence-corrected chi connectivity index (χ0v) is 11.3. The summed E-state index contributed by atoms with van der Waals surface area (Å²) in [6.45, 7) is 1.48. The number of nitroso groups, excluding NO2 is 1. The molecule has 112 valence electrons. The number of benzene rings is 1. The third-order valence-corrected chi connectivity index (χ3v) is 3.03. The molecule has 0 fully saturated rings. The Balaban J connectivity index is 2.36. The Morgan fingerprint density at radius 2 is 1.90 bits per heavy atom. The van der Waals surface area contributed by atoms with Crippen LogP contribution in [0.2, 0.25) is 0 Å². The van der Waals surface area contributed by atoms with Crippen LogP contribution in [0.3, 0.4) is 0 Å². The van der Waals surface area contributed by atoms with Crippen molar-refractivity contribution >= 4 is 5.69 Å². The lowest BCUT2D eigenvalue weighted by molar-refractivity contribution is -0.140. The van der Waals surface area contributed by atoms with E-state index >= 15 is 0 Å². The van der Waals surface area contributed by atoms with Crippen LogP contribution in [0, 0.1) is 11.8 Å². The molecular weight excluding hydrogens is 287 g/mol. The molecule has 0 radical (unpaired) electrons.